The third-order valence-corrected chi connectivity index (χ3v) is 3.65. The van der Waals surface area contributed by atoms with Crippen molar-refractivity contribution >= 4 is 0 Å². The van der Waals surface area contributed by atoms with Crippen LogP contribution in [0.4, 0.5) is 0 Å². The predicted octanol–water partition coefficient (Wildman–Crippen LogP) is 3.18. The number of rotatable bonds is 13. The first-order valence-corrected chi connectivity index (χ1v) is 7.82. The molecule has 3 nitrogen and oxygen atoms in total. The minimum absolute atomic E-state index is 0.0481. The van der Waals surface area contributed by atoms with Crippen molar-refractivity contribution in [2.45, 2.75) is 71.1 Å². The summed E-state index contributed by atoms with van der Waals surface area (Å²) in [5.41, 5.74) is 1.40. The standard InChI is InChI=1S/C16H32O3/c1-2-3-4-5-6-7-8-9-10-11-15(12-17)16(13-18)14-19/h17-19H,2-14H2,1H3. The van der Waals surface area contributed by atoms with Crippen LogP contribution in [0.2, 0.25) is 0 Å². The smallest absolute Gasteiger partial charge is 0.0667 e. The highest BCUT2D eigenvalue weighted by atomic mass is 16.3. The van der Waals surface area contributed by atoms with Crippen molar-refractivity contribution in [1.82, 2.24) is 0 Å². The molecule has 0 aromatic heterocycles. The summed E-state index contributed by atoms with van der Waals surface area (Å²) >= 11 is 0. The Morgan fingerprint density at radius 1 is 0.579 bits per heavy atom. The van der Waals surface area contributed by atoms with Crippen LogP contribution in [0.15, 0.2) is 11.1 Å². The summed E-state index contributed by atoms with van der Waals surface area (Å²) in [5, 5.41) is 27.3. The van der Waals surface area contributed by atoms with Crippen LogP contribution in [-0.4, -0.2) is 35.1 Å². The number of hydrogen-bond donors (Lipinski definition) is 3. The lowest BCUT2D eigenvalue weighted by Gasteiger charge is -2.09. The summed E-state index contributed by atoms with van der Waals surface area (Å²) in [4.78, 5) is 0. The summed E-state index contributed by atoms with van der Waals surface area (Å²) in [6.45, 7) is 1.89. The van der Waals surface area contributed by atoms with Gasteiger partial charge in [-0.15, -0.1) is 0 Å². The van der Waals surface area contributed by atoms with Gasteiger partial charge < -0.3 is 15.3 Å². The molecular weight excluding hydrogens is 240 g/mol. The molecule has 0 aliphatic heterocycles. The summed E-state index contributed by atoms with van der Waals surface area (Å²) in [5.74, 6) is 0. The number of hydrogen-bond acceptors (Lipinski definition) is 3. The maximum Gasteiger partial charge on any atom is 0.0667 e. The highest BCUT2D eigenvalue weighted by Gasteiger charge is 2.04. The summed E-state index contributed by atoms with van der Waals surface area (Å²) in [6, 6.07) is 0. The fourth-order valence-corrected chi connectivity index (χ4v) is 2.29. The van der Waals surface area contributed by atoms with Crippen LogP contribution in [-0.2, 0) is 0 Å². The van der Waals surface area contributed by atoms with Crippen molar-refractivity contribution in [3.63, 3.8) is 0 Å². The molecule has 0 aliphatic carbocycles. The van der Waals surface area contributed by atoms with Crippen molar-refractivity contribution in [1.29, 1.82) is 0 Å². The molecule has 0 aliphatic rings. The van der Waals surface area contributed by atoms with E-state index in [1.165, 1.54) is 51.4 Å². The Balaban J connectivity index is 3.54. The van der Waals surface area contributed by atoms with E-state index >= 15 is 0 Å². The molecule has 114 valence electrons. The zero-order valence-corrected chi connectivity index (χ0v) is 12.5. The highest BCUT2D eigenvalue weighted by molar-refractivity contribution is 5.15. The van der Waals surface area contributed by atoms with Crippen LogP contribution in [0, 0.1) is 0 Å². The van der Waals surface area contributed by atoms with Gasteiger partial charge in [-0.2, -0.15) is 0 Å². The Kier molecular flexibility index (Phi) is 13.8. The van der Waals surface area contributed by atoms with E-state index in [1.807, 2.05) is 0 Å². The minimum Gasteiger partial charge on any atom is -0.392 e. The van der Waals surface area contributed by atoms with E-state index in [2.05, 4.69) is 6.92 Å². The van der Waals surface area contributed by atoms with Gasteiger partial charge >= 0.3 is 0 Å². The lowest BCUT2D eigenvalue weighted by atomic mass is 10.0. The molecule has 0 saturated heterocycles. The Morgan fingerprint density at radius 2 is 1.00 bits per heavy atom. The molecule has 3 heteroatoms. The molecule has 0 aromatic carbocycles. The van der Waals surface area contributed by atoms with Gasteiger partial charge in [0.2, 0.25) is 0 Å². The van der Waals surface area contributed by atoms with Crippen molar-refractivity contribution in [2.24, 2.45) is 0 Å². The zero-order valence-electron chi connectivity index (χ0n) is 12.5. The molecule has 0 fully saturated rings. The first-order valence-electron chi connectivity index (χ1n) is 7.82. The minimum atomic E-state index is -0.149. The van der Waals surface area contributed by atoms with Crippen LogP contribution in [0.25, 0.3) is 0 Å². The second-order valence-electron chi connectivity index (χ2n) is 5.26. The van der Waals surface area contributed by atoms with E-state index in [4.69, 9.17) is 10.2 Å². The van der Waals surface area contributed by atoms with Gasteiger partial charge in [0.1, 0.15) is 0 Å². The lowest BCUT2D eigenvalue weighted by Crippen LogP contribution is -2.05. The Bertz CT molecular complexity index is 218. The summed E-state index contributed by atoms with van der Waals surface area (Å²) in [6.07, 6.45) is 12.3. The normalized spacial score (nSPS) is 10.7. The molecule has 0 rings (SSSR count). The van der Waals surface area contributed by atoms with Gasteiger partial charge in [0, 0.05) is 0 Å². The van der Waals surface area contributed by atoms with Gasteiger partial charge in [-0.1, -0.05) is 58.3 Å². The largest absolute Gasteiger partial charge is 0.392 e. The molecule has 0 saturated carbocycles. The van der Waals surface area contributed by atoms with Crippen LogP contribution >= 0.6 is 0 Å². The van der Waals surface area contributed by atoms with Gasteiger partial charge in [-0.05, 0) is 24.0 Å². The summed E-state index contributed by atoms with van der Waals surface area (Å²) in [7, 11) is 0. The average Bonchev–Trinajstić information content (AvgIpc) is 2.44. The van der Waals surface area contributed by atoms with E-state index in [0.717, 1.165) is 18.4 Å². The average molecular weight is 272 g/mol. The molecular formula is C16H32O3. The molecule has 0 amide bonds. The lowest BCUT2D eigenvalue weighted by molar-refractivity contribution is 0.264. The zero-order chi connectivity index (χ0) is 14.3. The molecule has 19 heavy (non-hydrogen) atoms. The Morgan fingerprint density at radius 3 is 1.42 bits per heavy atom. The fraction of sp³-hybridized carbons (Fsp3) is 0.875. The number of unbranched alkanes of at least 4 members (excludes halogenated alkanes) is 8. The highest BCUT2D eigenvalue weighted by Crippen LogP contribution is 2.15. The summed E-state index contributed by atoms with van der Waals surface area (Å²) < 4.78 is 0. The van der Waals surface area contributed by atoms with Gasteiger partial charge in [0.05, 0.1) is 19.8 Å². The predicted molar refractivity (Wildman–Crippen MR) is 80.1 cm³/mol. The van der Waals surface area contributed by atoms with Crippen molar-refractivity contribution in [3.05, 3.63) is 11.1 Å². The van der Waals surface area contributed by atoms with Crippen LogP contribution in [0.3, 0.4) is 0 Å². The molecule has 0 aromatic rings. The molecule has 0 unspecified atom stereocenters. The van der Waals surface area contributed by atoms with Gasteiger partial charge in [-0.25, -0.2) is 0 Å². The van der Waals surface area contributed by atoms with Gasteiger partial charge in [0.25, 0.3) is 0 Å². The van der Waals surface area contributed by atoms with E-state index in [-0.39, 0.29) is 19.8 Å². The molecule has 0 heterocycles. The van der Waals surface area contributed by atoms with Gasteiger partial charge in [-0.3, -0.25) is 0 Å². The van der Waals surface area contributed by atoms with Crippen LogP contribution in [0.1, 0.15) is 71.1 Å². The molecule has 0 bridgehead atoms. The van der Waals surface area contributed by atoms with Gasteiger partial charge in [0.15, 0.2) is 0 Å². The Hall–Kier alpha value is -0.380. The maximum absolute atomic E-state index is 9.20. The molecule has 3 N–H and O–H groups in total. The van der Waals surface area contributed by atoms with E-state index in [1.54, 1.807) is 0 Å². The maximum atomic E-state index is 9.20. The van der Waals surface area contributed by atoms with Crippen molar-refractivity contribution in [3.8, 4) is 0 Å². The SMILES string of the molecule is CCCCCCCCCCCC(CO)=C(CO)CO. The second-order valence-corrected chi connectivity index (χ2v) is 5.26. The first kappa shape index (κ1) is 18.6. The fourth-order valence-electron chi connectivity index (χ4n) is 2.29. The Labute approximate surface area is 118 Å². The number of aliphatic hydroxyl groups excluding tert-OH is 3. The molecule has 0 atom stereocenters. The van der Waals surface area contributed by atoms with Crippen molar-refractivity contribution in [2.75, 3.05) is 19.8 Å². The topological polar surface area (TPSA) is 60.7 Å². The second kappa shape index (κ2) is 14.0. The van der Waals surface area contributed by atoms with E-state index < -0.39 is 0 Å². The third kappa shape index (κ3) is 10.1. The van der Waals surface area contributed by atoms with E-state index in [0.29, 0.717) is 5.57 Å². The molecule has 0 radical (unpaired) electrons. The van der Waals surface area contributed by atoms with Crippen LogP contribution < -0.4 is 0 Å². The van der Waals surface area contributed by atoms with Crippen molar-refractivity contribution < 1.29 is 15.3 Å². The molecule has 0 spiro atoms. The monoisotopic (exact) mass is 272 g/mol. The first-order chi connectivity index (χ1) is 9.29. The van der Waals surface area contributed by atoms with Crippen LogP contribution in [0.5, 0.6) is 0 Å². The third-order valence-electron chi connectivity index (χ3n) is 3.65. The number of aliphatic hydroxyl groups is 3. The quantitative estimate of drug-likeness (QED) is 0.356. The van der Waals surface area contributed by atoms with E-state index in [9.17, 15) is 5.11 Å².